The molecule has 0 spiro atoms. The smallest absolute Gasteiger partial charge is 0.134 e. The zero-order chi connectivity index (χ0) is 10.4. The molecule has 1 aromatic rings. The van der Waals surface area contributed by atoms with Crippen LogP contribution in [0, 0.1) is 6.92 Å². The van der Waals surface area contributed by atoms with Crippen LogP contribution in [0.4, 0.5) is 0 Å². The number of rotatable bonds is 5. The van der Waals surface area contributed by atoms with Crippen LogP contribution in [0.25, 0.3) is 0 Å². The Bertz CT molecular complexity index is 287. The monoisotopic (exact) mass is 228 g/mol. The van der Waals surface area contributed by atoms with E-state index in [4.69, 9.17) is 4.74 Å². The largest absolute Gasteiger partial charge is 0.482 e. The minimum atomic E-state index is 0.728. The molecule has 0 unspecified atom stereocenters. The van der Waals surface area contributed by atoms with E-state index in [-0.39, 0.29) is 0 Å². The topological polar surface area (TPSA) is 9.23 Å². The molecule has 78 valence electrons. The summed E-state index contributed by atoms with van der Waals surface area (Å²) >= 11 is 3.53. The third-order valence-electron chi connectivity index (χ3n) is 1.91. The Labute approximate surface area is 94.6 Å². The van der Waals surface area contributed by atoms with Gasteiger partial charge in [-0.05, 0) is 25.0 Å². The molecule has 0 N–H and O–H groups in total. The van der Waals surface area contributed by atoms with Gasteiger partial charge in [-0.25, -0.2) is 0 Å². The van der Waals surface area contributed by atoms with Gasteiger partial charge < -0.3 is 4.74 Å². The number of ether oxygens (including phenoxy) is 1. The second-order valence-electron chi connectivity index (χ2n) is 3.05. The average molecular weight is 228 g/mol. The van der Waals surface area contributed by atoms with E-state index in [2.05, 4.69) is 31.4 Å². The van der Waals surface area contributed by atoms with Crippen molar-refractivity contribution in [2.45, 2.75) is 12.7 Å². The van der Waals surface area contributed by atoms with Crippen LogP contribution in [0.3, 0.4) is 0 Å². The fraction of sp³-hybridized carbons (Fsp3) is 0.455. The van der Waals surface area contributed by atoms with E-state index in [0.717, 1.165) is 17.4 Å². The molecule has 0 saturated heterocycles. The van der Waals surface area contributed by atoms with Crippen LogP contribution in [0.1, 0.15) is 11.1 Å². The van der Waals surface area contributed by atoms with Crippen molar-refractivity contribution in [3.8, 4) is 5.75 Å². The maximum Gasteiger partial charge on any atom is 0.134 e. The molecule has 1 aromatic carbocycles. The van der Waals surface area contributed by atoms with Crippen LogP contribution in [0.5, 0.6) is 5.75 Å². The second-order valence-corrected chi connectivity index (χ2v) is 4.73. The molecule has 0 aliphatic carbocycles. The molecular formula is C11H16OS2. The van der Waals surface area contributed by atoms with Crippen molar-refractivity contribution >= 4 is 23.5 Å². The first-order valence-electron chi connectivity index (χ1n) is 4.48. The molecule has 0 aliphatic heterocycles. The number of hydrogen-bond acceptors (Lipinski definition) is 3. The van der Waals surface area contributed by atoms with Crippen LogP contribution in [0.15, 0.2) is 18.2 Å². The van der Waals surface area contributed by atoms with E-state index in [1.807, 2.05) is 18.0 Å². The Morgan fingerprint density at radius 3 is 2.64 bits per heavy atom. The molecule has 14 heavy (non-hydrogen) atoms. The Morgan fingerprint density at radius 2 is 2.00 bits per heavy atom. The van der Waals surface area contributed by atoms with E-state index in [1.54, 1.807) is 11.8 Å². The molecule has 3 heteroatoms. The first-order chi connectivity index (χ1) is 6.79. The first kappa shape index (κ1) is 11.8. The number of para-hydroxylation sites is 1. The number of hydrogen-bond donors (Lipinski definition) is 0. The van der Waals surface area contributed by atoms with Crippen molar-refractivity contribution in [3.63, 3.8) is 0 Å². The van der Waals surface area contributed by atoms with Crippen molar-refractivity contribution in [2.75, 3.05) is 18.5 Å². The van der Waals surface area contributed by atoms with Crippen LogP contribution in [0.2, 0.25) is 0 Å². The van der Waals surface area contributed by atoms with Gasteiger partial charge in [0.1, 0.15) is 11.7 Å². The van der Waals surface area contributed by atoms with Gasteiger partial charge in [0.15, 0.2) is 0 Å². The quantitative estimate of drug-likeness (QED) is 0.713. The number of aryl methyl sites for hydroxylation is 1. The van der Waals surface area contributed by atoms with Crippen molar-refractivity contribution in [2.24, 2.45) is 0 Å². The maximum absolute atomic E-state index is 5.72. The fourth-order valence-corrected chi connectivity index (χ4v) is 2.08. The molecule has 0 bridgehead atoms. The van der Waals surface area contributed by atoms with Gasteiger partial charge in [-0.1, -0.05) is 18.2 Å². The van der Waals surface area contributed by atoms with Gasteiger partial charge in [-0.15, -0.1) is 11.8 Å². The molecule has 1 rings (SSSR count). The lowest BCUT2D eigenvalue weighted by atomic mass is 10.1. The molecule has 0 amide bonds. The summed E-state index contributed by atoms with van der Waals surface area (Å²) in [6.45, 7) is 2.10. The predicted octanol–water partition coefficient (Wildman–Crippen LogP) is 3.56. The second kappa shape index (κ2) is 6.25. The molecule has 0 heterocycles. The summed E-state index contributed by atoms with van der Waals surface area (Å²) < 4.78 is 5.72. The lowest BCUT2D eigenvalue weighted by Crippen LogP contribution is -1.98. The van der Waals surface area contributed by atoms with E-state index < -0.39 is 0 Å². The van der Waals surface area contributed by atoms with Crippen molar-refractivity contribution in [3.05, 3.63) is 29.3 Å². The third kappa shape index (κ3) is 3.14. The minimum absolute atomic E-state index is 0.728. The lowest BCUT2D eigenvalue weighted by molar-refractivity contribution is 0.387. The summed E-state index contributed by atoms with van der Waals surface area (Å²) in [5, 5.41) is 0. The van der Waals surface area contributed by atoms with Crippen LogP contribution in [-0.4, -0.2) is 18.5 Å². The van der Waals surface area contributed by atoms with Gasteiger partial charge in [0.25, 0.3) is 0 Å². The lowest BCUT2D eigenvalue weighted by Gasteiger charge is -2.12. The zero-order valence-corrected chi connectivity index (χ0v) is 10.5. The van der Waals surface area contributed by atoms with Gasteiger partial charge in [0.2, 0.25) is 0 Å². The van der Waals surface area contributed by atoms with Crippen molar-refractivity contribution in [1.29, 1.82) is 0 Å². The fourth-order valence-electron chi connectivity index (χ4n) is 1.31. The number of thioether (sulfide) groups is 2. The minimum Gasteiger partial charge on any atom is -0.482 e. The summed E-state index contributed by atoms with van der Waals surface area (Å²) in [7, 11) is 0. The first-order valence-corrected chi connectivity index (χ1v) is 7.27. The van der Waals surface area contributed by atoms with E-state index in [0.29, 0.717) is 0 Å². The Balaban J connectivity index is 2.84. The SMILES string of the molecule is CSCOc1c(C)cccc1CSC. The van der Waals surface area contributed by atoms with Gasteiger partial charge in [-0.2, -0.15) is 11.8 Å². The summed E-state index contributed by atoms with van der Waals surface area (Å²) in [6.07, 6.45) is 4.16. The standard InChI is InChI=1S/C11H16OS2/c1-9-5-4-6-10(7-13-2)11(9)12-8-14-3/h4-6H,7-8H2,1-3H3. The zero-order valence-electron chi connectivity index (χ0n) is 8.87. The molecule has 1 nitrogen and oxygen atoms in total. The van der Waals surface area contributed by atoms with Gasteiger partial charge in [-0.3, -0.25) is 0 Å². The van der Waals surface area contributed by atoms with Crippen LogP contribution in [-0.2, 0) is 5.75 Å². The van der Waals surface area contributed by atoms with E-state index >= 15 is 0 Å². The van der Waals surface area contributed by atoms with Crippen molar-refractivity contribution in [1.82, 2.24) is 0 Å². The molecular weight excluding hydrogens is 212 g/mol. The van der Waals surface area contributed by atoms with E-state index in [9.17, 15) is 0 Å². The summed E-state index contributed by atoms with van der Waals surface area (Å²) in [5.74, 6) is 2.81. The summed E-state index contributed by atoms with van der Waals surface area (Å²) in [4.78, 5) is 0. The van der Waals surface area contributed by atoms with Gasteiger partial charge in [0, 0.05) is 11.3 Å². The Hall–Kier alpha value is -0.280. The third-order valence-corrected chi connectivity index (χ3v) is 2.87. The Kier molecular flexibility index (Phi) is 5.26. The Morgan fingerprint density at radius 1 is 1.21 bits per heavy atom. The molecule has 0 aliphatic rings. The van der Waals surface area contributed by atoms with Crippen LogP contribution < -0.4 is 4.74 Å². The average Bonchev–Trinajstić information content (AvgIpc) is 2.18. The van der Waals surface area contributed by atoms with Crippen molar-refractivity contribution < 1.29 is 4.74 Å². The molecule has 0 radical (unpaired) electrons. The van der Waals surface area contributed by atoms with Crippen LogP contribution >= 0.6 is 23.5 Å². The summed E-state index contributed by atoms with van der Waals surface area (Å²) in [6, 6.07) is 6.32. The van der Waals surface area contributed by atoms with Gasteiger partial charge in [0.05, 0.1) is 0 Å². The normalized spacial score (nSPS) is 10.2. The van der Waals surface area contributed by atoms with E-state index in [1.165, 1.54) is 11.1 Å². The molecule has 0 saturated carbocycles. The molecule has 0 aromatic heterocycles. The highest BCUT2D eigenvalue weighted by Crippen LogP contribution is 2.26. The highest BCUT2D eigenvalue weighted by molar-refractivity contribution is 7.98. The summed E-state index contributed by atoms with van der Waals surface area (Å²) in [5.41, 5.74) is 2.53. The molecule has 0 fully saturated rings. The number of benzene rings is 1. The highest BCUT2D eigenvalue weighted by atomic mass is 32.2. The predicted molar refractivity (Wildman–Crippen MR) is 67.4 cm³/mol. The highest BCUT2D eigenvalue weighted by Gasteiger charge is 2.05. The molecule has 0 atom stereocenters. The maximum atomic E-state index is 5.72. The van der Waals surface area contributed by atoms with Gasteiger partial charge >= 0.3 is 0 Å².